The summed E-state index contributed by atoms with van der Waals surface area (Å²) in [5, 5.41) is 17.7. The monoisotopic (exact) mass is 287 g/mol. The van der Waals surface area contributed by atoms with Crippen molar-refractivity contribution >= 4 is 11.6 Å². The highest BCUT2D eigenvalue weighted by Gasteiger charge is 2.25. The number of halogens is 1. The summed E-state index contributed by atoms with van der Waals surface area (Å²) in [4.78, 5) is 0. The second-order valence-electron chi connectivity index (χ2n) is 5.26. The number of aromatic nitrogens is 2. The standard InChI is InChI=1S/C14H26ClN3O/c1-5-14(6-2,7-8-19)10-16-9-12-11(3)17-18(4)13(12)15/h16,19H,5-10H2,1-4H3. The molecule has 0 radical (unpaired) electrons. The third-order valence-electron chi connectivity index (χ3n) is 4.21. The zero-order valence-electron chi connectivity index (χ0n) is 12.5. The molecule has 0 atom stereocenters. The van der Waals surface area contributed by atoms with E-state index in [2.05, 4.69) is 24.3 Å². The van der Waals surface area contributed by atoms with Gasteiger partial charge in [0.25, 0.3) is 0 Å². The summed E-state index contributed by atoms with van der Waals surface area (Å²) in [6.45, 7) is 8.21. The van der Waals surface area contributed by atoms with Gasteiger partial charge in [-0.3, -0.25) is 4.68 Å². The van der Waals surface area contributed by atoms with Gasteiger partial charge in [0.2, 0.25) is 0 Å². The van der Waals surface area contributed by atoms with Crippen LogP contribution in [0.15, 0.2) is 0 Å². The van der Waals surface area contributed by atoms with Crippen LogP contribution in [0.2, 0.25) is 5.15 Å². The van der Waals surface area contributed by atoms with Crippen LogP contribution in [0, 0.1) is 12.3 Å². The minimum absolute atomic E-state index is 0.178. The first-order valence-corrected chi connectivity index (χ1v) is 7.37. The molecule has 0 amide bonds. The van der Waals surface area contributed by atoms with Crippen molar-refractivity contribution in [1.82, 2.24) is 15.1 Å². The predicted octanol–water partition coefficient (Wildman–Crippen LogP) is 2.66. The van der Waals surface area contributed by atoms with Crippen molar-refractivity contribution in [1.29, 1.82) is 0 Å². The third-order valence-corrected chi connectivity index (χ3v) is 4.69. The van der Waals surface area contributed by atoms with Gasteiger partial charge >= 0.3 is 0 Å². The Labute approximate surface area is 121 Å². The number of rotatable bonds is 8. The summed E-state index contributed by atoms with van der Waals surface area (Å²) in [7, 11) is 1.85. The lowest BCUT2D eigenvalue weighted by Crippen LogP contribution is -2.34. The fraction of sp³-hybridized carbons (Fsp3) is 0.786. The van der Waals surface area contributed by atoms with Crippen molar-refractivity contribution in [2.24, 2.45) is 12.5 Å². The number of aliphatic hydroxyl groups is 1. The van der Waals surface area contributed by atoms with Crippen LogP contribution in [0.4, 0.5) is 0 Å². The molecule has 0 aromatic carbocycles. The van der Waals surface area contributed by atoms with E-state index in [1.54, 1.807) is 4.68 Å². The number of hydrogen-bond acceptors (Lipinski definition) is 3. The fourth-order valence-corrected chi connectivity index (χ4v) is 2.75. The molecule has 0 bridgehead atoms. The van der Waals surface area contributed by atoms with E-state index in [0.29, 0.717) is 5.15 Å². The molecule has 4 nitrogen and oxygen atoms in total. The van der Waals surface area contributed by atoms with Gasteiger partial charge < -0.3 is 10.4 Å². The SMILES string of the molecule is CCC(CC)(CCO)CNCc1c(C)nn(C)c1Cl. The number of nitrogens with zero attached hydrogens (tertiary/aromatic N) is 2. The van der Waals surface area contributed by atoms with Gasteiger partial charge in [-0.25, -0.2) is 0 Å². The van der Waals surface area contributed by atoms with Gasteiger partial charge in [-0.2, -0.15) is 5.10 Å². The van der Waals surface area contributed by atoms with Crippen molar-refractivity contribution < 1.29 is 5.11 Å². The van der Waals surface area contributed by atoms with E-state index in [0.717, 1.165) is 43.6 Å². The Balaban J connectivity index is 2.61. The first kappa shape index (κ1) is 16.5. The van der Waals surface area contributed by atoms with Crippen molar-refractivity contribution in [3.63, 3.8) is 0 Å². The zero-order valence-corrected chi connectivity index (χ0v) is 13.2. The van der Waals surface area contributed by atoms with Gasteiger partial charge in [0.15, 0.2) is 0 Å². The molecule has 0 aliphatic heterocycles. The first-order chi connectivity index (χ1) is 8.99. The predicted molar refractivity (Wildman–Crippen MR) is 79.4 cm³/mol. The zero-order chi connectivity index (χ0) is 14.5. The molecule has 0 spiro atoms. The average Bonchev–Trinajstić information content (AvgIpc) is 2.64. The van der Waals surface area contributed by atoms with Crippen LogP contribution in [0.3, 0.4) is 0 Å². The molecule has 0 unspecified atom stereocenters. The van der Waals surface area contributed by atoms with Gasteiger partial charge in [0.1, 0.15) is 5.15 Å². The molecule has 2 N–H and O–H groups in total. The topological polar surface area (TPSA) is 50.1 Å². The van der Waals surface area contributed by atoms with E-state index in [4.69, 9.17) is 11.6 Å². The molecule has 110 valence electrons. The molecule has 1 aromatic heterocycles. The normalized spacial score (nSPS) is 12.1. The van der Waals surface area contributed by atoms with Crippen LogP contribution in [-0.4, -0.2) is 28.0 Å². The molecule has 0 aliphatic carbocycles. The molecular weight excluding hydrogens is 262 g/mol. The van der Waals surface area contributed by atoms with Gasteiger partial charge in [0.05, 0.1) is 5.69 Å². The van der Waals surface area contributed by atoms with Gasteiger partial charge in [0, 0.05) is 32.3 Å². The third kappa shape index (κ3) is 3.94. The maximum absolute atomic E-state index is 9.21. The Hall–Kier alpha value is -0.580. The number of aryl methyl sites for hydroxylation is 2. The van der Waals surface area contributed by atoms with Gasteiger partial charge in [-0.15, -0.1) is 0 Å². The molecule has 0 saturated heterocycles. The Morgan fingerprint density at radius 3 is 2.42 bits per heavy atom. The molecule has 1 heterocycles. The van der Waals surface area contributed by atoms with E-state index in [1.807, 2.05) is 14.0 Å². The summed E-state index contributed by atoms with van der Waals surface area (Å²) >= 11 is 6.21. The molecule has 1 aromatic rings. The Bertz CT molecular complexity index is 400. The Morgan fingerprint density at radius 1 is 1.37 bits per heavy atom. The van der Waals surface area contributed by atoms with Crippen LogP contribution in [0.5, 0.6) is 0 Å². The lowest BCUT2D eigenvalue weighted by molar-refractivity contribution is 0.163. The Kier molecular flexibility index (Phi) is 6.30. The van der Waals surface area contributed by atoms with Crippen LogP contribution < -0.4 is 5.32 Å². The highest BCUT2D eigenvalue weighted by Crippen LogP contribution is 2.29. The molecule has 5 heteroatoms. The van der Waals surface area contributed by atoms with Crippen LogP contribution in [0.25, 0.3) is 0 Å². The van der Waals surface area contributed by atoms with Crippen molar-refractivity contribution in [2.75, 3.05) is 13.2 Å². The molecule has 19 heavy (non-hydrogen) atoms. The van der Waals surface area contributed by atoms with E-state index in [1.165, 1.54) is 0 Å². The molecule has 0 fully saturated rings. The van der Waals surface area contributed by atoms with E-state index < -0.39 is 0 Å². The lowest BCUT2D eigenvalue weighted by atomic mass is 9.79. The van der Waals surface area contributed by atoms with E-state index in [9.17, 15) is 5.11 Å². The summed E-state index contributed by atoms with van der Waals surface area (Å²) in [6, 6.07) is 0. The van der Waals surface area contributed by atoms with E-state index in [-0.39, 0.29) is 12.0 Å². The summed E-state index contributed by atoms with van der Waals surface area (Å²) < 4.78 is 1.70. The van der Waals surface area contributed by atoms with Crippen LogP contribution >= 0.6 is 11.6 Å². The van der Waals surface area contributed by atoms with E-state index >= 15 is 0 Å². The largest absolute Gasteiger partial charge is 0.396 e. The highest BCUT2D eigenvalue weighted by molar-refractivity contribution is 6.30. The fourth-order valence-electron chi connectivity index (χ4n) is 2.51. The molecule has 0 aliphatic rings. The van der Waals surface area contributed by atoms with Crippen LogP contribution in [0.1, 0.15) is 44.4 Å². The van der Waals surface area contributed by atoms with Crippen LogP contribution in [-0.2, 0) is 13.6 Å². The number of aliphatic hydroxyl groups excluding tert-OH is 1. The molecular formula is C14H26ClN3O. The smallest absolute Gasteiger partial charge is 0.131 e. The van der Waals surface area contributed by atoms with Crippen molar-refractivity contribution in [3.8, 4) is 0 Å². The first-order valence-electron chi connectivity index (χ1n) is 6.99. The quantitative estimate of drug-likeness (QED) is 0.773. The molecule has 1 rings (SSSR count). The Morgan fingerprint density at radius 2 is 2.00 bits per heavy atom. The summed E-state index contributed by atoms with van der Waals surface area (Å²) in [5.74, 6) is 0. The van der Waals surface area contributed by atoms with Gasteiger partial charge in [-0.05, 0) is 31.6 Å². The average molecular weight is 288 g/mol. The summed E-state index contributed by atoms with van der Waals surface area (Å²) in [6.07, 6.45) is 2.97. The number of nitrogens with one attached hydrogen (secondary N) is 1. The second kappa shape index (κ2) is 7.27. The molecule has 0 saturated carbocycles. The minimum Gasteiger partial charge on any atom is -0.396 e. The lowest BCUT2D eigenvalue weighted by Gasteiger charge is -2.31. The van der Waals surface area contributed by atoms with Crippen molar-refractivity contribution in [2.45, 2.75) is 46.6 Å². The highest BCUT2D eigenvalue weighted by atomic mass is 35.5. The second-order valence-corrected chi connectivity index (χ2v) is 5.62. The maximum Gasteiger partial charge on any atom is 0.131 e. The minimum atomic E-state index is 0.178. The summed E-state index contributed by atoms with van der Waals surface area (Å²) in [5.41, 5.74) is 2.21. The maximum atomic E-state index is 9.21. The van der Waals surface area contributed by atoms with Gasteiger partial charge in [-0.1, -0.05) is 25.4 Å². The van der Waals surface area contributed by atoms with Crippen molar-refractivity contribution in [3.05, 3.63) is 16.4 Å². The number of hydrogen-bond donors (Lipinski definition) is 2.